The lowest BCUT2D eigenvalue weighted by Crippen LogP contribution is -2.37. The summed E-state index contributed by atoms with van der Waals surface area (Å²) < 4.78 is 34.5. The lowest BCUT2D eigenvalue weighted by molar-refractivity contribution is -0.870. The molecule has 0 aliphatic carbocycles. The standard InChI is InChI=1S/C47H88NO7P/c1-6-8-10-12-14-16-18-19-20-21-22-23-24-25-26-27-28-29-30-31-33-35-37-39-42-52-44-46(45-54-56(50,51)53-43-41-48(3,4)5)55-47(49)40-38-36-34-32-17-15-13-11-9-7-2/h11,13,18-19,21-22,24-25,46H,6-10,12,14-17,20,23,26-45H2,1-5H3/b13-11-,19-18-,22-21-,25-24-. The van der Waals surface area contributed by atoms with E-state index in [9.17, 15) is 14.3 Å². The van der Waals surface area contributed by atoms with Crippen molar-refractivity contribution < 1.29 is 37.3 Å². The largest absolute Gasteiger partial charge is 0.756 e. The minimum absolute atomic E-state index is 0.0220. The third-order valence-corrected chi connectivity index (χ3v) is 10.5. The van der Waals surface area contributed by atoms with E-state index in [1.165, 1.54) is 103 Å². The van der Waals surface area contributed by atoms with E-state index in [0.717, 1.165) is 64.2 Å². The Morgan fingerprint density at radius 3 is 1.55 bits per heavy atom. The van der Waals surface area contributed by atoms with Gasteiger partial charge in [-0.3, -0.25) is 9.36 Å². The minimum Gasteiger partial charge on any atom is -0.756 e. The van der Waals surface area contributed by atoms with Crippen molar-refractivity contribution in [3.63, 3.8) is 0 Å². The zero-order valence-electron chi connectivity index (χ0n) is 37.1. The Kier molecular flexibility index (Phi) is 39.1. The van der Waals surface area contributed by atoms with Gasteiger partial charge in [0.25, 0.3) is 7.82 Å². The van der Waals surface area contributed by atoms with Crippen molar-refractivity contribution in [2.75, 3.05) is 54.1 Å². The van der Waals surface area contributed by atoms with Crippen molar-refractivity contribution in [2.45, 2.75) is 193 Å². The van der Waals surface area contributed by atoms with Crippen molar-refractivity contribution in [3.05, 3.63) is 48.6 Å². The van der Waals surface area contributed by atoms with Crippen LogP contribution in [0.3, 0.4) is 0 Å². The number of ether oxygens (including phenoxy) is 2. The molecule has 0 N–H and O–H groups in total. The van der Waals surface area contributed by atoms with E-state index in [-0.39, 0.29) is 25.8 Å². The second-order valence-corrected chi connectivity index (χ2v) is 17.8. The van der Waals surface area contributed by atoms with Crippen molar-refractivity contribution in [1.29, 1.82) is 0 Å². The number of phosphoric acid groups is 1. The Labute approximate surface area is 346 Å². The Bertz CT molecular complexity index is 1040. The Morgan fingerprint density at radius 1 is 0.554 bits per heavy atom. The first-order chi connectivity index (χ1) is 27.1. The van der Waals surface area contributed by atoms with Crippen LogP contribution in [0.1, 0.15) is 187 Å². The molecule has 0 bridgehead atoms. The molecule has 0 fully saturated rings. The highest BCUT2D eigenvalue weighted by atomic mass is 31.2. The highest BCUT2D eigenvalue weighted by Crippen LogP contribution is 2.38. The van der Waals surface area contributed by atoms with Crippen LogP contribution in [0.4, 0.5) is 0 Å². The summed E-state index contributed by atoms with van der Waals surface area (Å²) in [5, 5.41) is 0. The predicted octanol–water partition coefficient (Wildman–Crippen LogP) is 12.9. The van der Waals surface area contributed by atoms with Gasteiger partial charge < -0.3 is 27.9 Å². The average molecular weight is 810 g/mol. The van der Waals surface area contributed by atoms with Crippen molar-refractivity contribution in [3.8, 4) is 0 Å². The van der Waals surface area contributed by atoms with Gasteiger partial charge in [0.05, 0.1) is 34.4 Å². The number of allylic oxidation sites excluding steroid dienone is 8. The summed E-state index contributed by atoms with van der Waals surface area (Å²) in [6.45, 7) is 5.31. The van der Waals surface area contributed by atoms with E-state index in [4.69, 9.17) is 18.5 Å². The molecule has 2 atom stereocenters. The first-order valence-electron chi connectivity index (χ1n) is 22.9. The molecule has 56 heavy (non-hydrogen) atoms. The Balaban J connectivity index is 4.11. The summed E-state index contributed by atoms with van der Waals surface area (Å²) in [4.78, 5) is 25.0. The molecular weight excluding hydrogens is 721 g/mol. The number of quaternary nitrogens is 1. The topological polar surface area (TPSA) is 94.1 Å². The highest BCUT2D eigenvalue weighted by molar-refractivity contribution is 7.45. The summed E-state index contributed by atoms with van der Waals surface area (Å²) in [6, 6.07) is 0. The molecule has 0 aromatic carbocycles. The predicted molar refractivity (Wildman–Crippen MR) is 236 cm³/mol. The van der Waals surface area contributed by atoms with Crippen LogP contribution in [0.5, 0.6) is 0 Å². The molecule has 0 saturated carbocycles. The lowest BCUT2D eigenvalue weighted by Gasteiger charge is -2.28. The van der Waals surface area contributed by atoms with Crippen LogP contribution in [0.25, 0.3) is 0 Å². The van der Waals surface area contributed by atoms with Crippen molar-refractivity contribution in [1.82, 2.24) is 0 Å². The molecule has 0 heterocycles. The van der Waals surface area contributed by atoms with Crippen LogP contribution in [0, 0.1) is 0 Å². The summed E-state index contributed by atoms with van der Waals surface area (Å²) in [6.07, 6.45) is 48.5. The average Bonchev–Trinajstić information content (AvgIpc) is 3.15. The number of rotatable bonds is 42. The first-order valence-corrected chi connectivity index (χ1v) is 24.3. The fourth-order valence-corrected chi connectivity index (χ4v) is 6.75. The maximum Gasteiger partial charge on any atom is 0.306 e. The highest BCUT2D eigenvalue weighted by Gasteiger charge is 2.20. The van der Waals surface area contributed by atoms with E-state index in [0.29, 0.717) is 24.1 Å². The molecular formula is C47H88NO7P. The molecule has 0 aliphatic rings. The fraction of sp³-hybridized carbons (Fsp3) is 0.809. The van der Waals surface area contributed by atoms with Gasteiger partial charge in [-0.05, 0) is 70.6 Å². The molecule has 328 valence electrons. The number of carbonyl (C=O) groups excluding carboxylic acids is 1. The number of hydrogen-bond donors (Lipinski definition) is 0. The molecule has 0 saturated heterocycles. The van der Waals surface area contributed by atoms with E-state index in [1.54, 1.807) is 0 Å². The Hall–Kier alpha value is -1.54. The Morgan fingerprint density at radius 2 is 1.02 bits per heavy atom. The van der Waals surface area contributed by atoms with Gasteiger partial charge in [0.2, 0.25) is 0 Å². The molecule has 0 rings (SSSR count). The fourth-order valence-electron chi connectivity index (χ4n) is 6.03. The van der Waals surface area contributed by atoms with Crippen LogP contribution >= 0.6 is 7.82 Å². The third-order valence-electron chi connectivity index (χ3n) is 9.58. The van der Waals surface area contributed by atoms with Crippen molar-refractivity contribution in [2.24, 2.45) is 0 Å². The molecule has 9 heteroatoms. The molecule has 0 amide bonds. The third kappa shape index (κ3) is 43.6. The van der Waals surface area contributed by atoms with Gasteiger partial charge in [-0.25, -0.2) is 0 Å². The molecule has 0 aliphatic heterocycles. The van der Waals surface area contributed by atoms with Crippen LogP contribution in [0.2, 0.25) is 0 Å². The number of likely N-dealkylation sites (N-methyl/N-ethyl adjacent to an activating group) is 1. The van der Waals surface area contributed by atoms with E-state index < -0.39 is 13.9 Å². The van der Waals surface area contributed by atoms with Gasteiger partial charge in [-0.15, -0.1) is 0 Å². The maximum absolute atomic E-state index is 12.6. The summed E-state index contributed by atoms with van der Waals surface area (Å²) in [5.41, 5.74) is 0. The second kappa shape index (κ2) is 40.2. The minimum atomic E-state index is -4.53. The molecule has 0 spiro atoms. The van der Waals surface area contributed by atoms with Gasteiger partial charge in [0.15, 0.2) is 0 Å². The smallest absolute Gasteiger partial charge is 0.306 e. The van der Waals surface area contributed by atoms with E-state index in [1.807, 2.05) is 21.1 Å². The van der Waals surface area contributed by atoms with Crippen LogP contribution in [0.15, 0.2) is 48.6 Å². The van der Waals surface area contributed by atoms with Crippen LogP contribution < -0.4 is 4.89 Å². The second-order valence-electron chi connectivity index (χ2n) is 16.4. The quantitative estimate of drug-likeness (QED) is 0.0199. The zero-order chi connectivity index (χ0) is 41.3. The summed E-state index contributed by atoms with van der Waals surface area (Å²) in [5.74, 6) is -0.349. The van der Waals surface area contributed by atoms with Gasteiger partial charge in [0.1, 0.15) is 19.3 Å². The van der Waals surface area contributed by atoms with Crippen molar-refractivity contribution >= 4 is 13.8 Å². The molecule has 0 aromatic rings. The summed E-state index contributed by atoms with van der Waals surface area (Å²) in [7, 11) is 1.34. The van der Waals surface area contributed by atoms with E-state index >= 15 is 0 Å². The lowest BCUT2D eigenvalue weighted by atomic mass is 10.1. The summed E-state index contributed by atoms with van der Waals surface area (Å²) >= 11 is 0. The SMILES string of the molecule is CCC/C=C\CCCCCCCC(=O)OC(COCCCCCCCCCCC/C=C\C/C=C\C/C=C\CCCCCCC)COP(=O)([O-])OCC[N+](C)(C)C. The monoisotopic (exact) mass is 810 g/mol. The number of esters is 1. The molecule has 0 aromatic heterocycles. The van der Waals surface area contributed by atoms with Crippen LogP contribution in [-0.2, 0) is 27.9 Å². The van der Waals surface area contributed by atoms with E-state index in [2.05, 4.69) is 62.5 Å². The number of phosphoric ester groups is 1. The molecule has 8 nitrogen and oxygen atoms in total. The first kappa shape index (κ1) is 54.5. The van der Waals surface area contributed by atoms with Crippen LogP contribution in [-0.4, -0.2) is 70.7 Å². The zero-order valence-corrected chi connectivity index (χ0v) is 38.0. The number of unbranched alkanes of at least 4 members (excludes halogenated alkanes) is 20. The molecule has 0 radical (unpaired) electrons. The van der Waals surface area contributed by atoms with Gasteiger partial charge in [0, 0.05) is 13.0 Å². The molecule has 2 unspecified atom stereocenters. The normalized spacial score (nSPS) is 14.2. The van der Waals surface area contributed by atoms with Gasteiger partial charge >= 0.3 is 5.97 Å². The van der Waals surface area contributed by atoms with Gasteiger partial charge in [-0.2, -0.15) is 0 Å². The number of carbonyl (C=O) groups is 1. The number of nitrogens with zero attached hydrogens (tertiary/aromatic N) is 1. The maximum atomic E-state index is 12.6. The number of hydrogen-bond acceptors (Lipinski definition) is 7. The van der Waals surface area contributed by atoms with Gasteiger partial charge in [-0.1, -0.05) is 159 Å².